The Morgan fingerprint density at radius 2 is 1.07 bits per heavy atom. The zero-order valence-corrected chi connectivity index (χ0v) is 26.8. The Balaban J connectivity index is 4.11. The van der Waals surface area contributed by atoms with E-state index in [9.17, 15) is 22.9 Å². The van der Waals surface area contributed by atoms with Gasteiger partial charge < -0.3 is 10.4 Å². The van der Waals surface area contributed by atoms with Crippen LogP contribution in [0.3, 0.4) is 0 Å². The van der Waals surface area contributed by atoms with Crippen molar-refractivity contribution in [2.75, 3.05) is 5.75 Å². The largest absolute Gasteiger partial charge is 0.387 e. The highest BCUT2D eigenvalue weighted by atomic mass is 32.2. The third kappa shape index (κ3) is 28.4. The number of aliphatic hydroxyl groups excluding tert-OH is 1. The number of carbonyl (C=O) groups excluding carboxylic acids is 1. The van der Waals surface area contributed by atoms with Crippen LogP contribution in [0.2, 0.25) is 0 Å². The van der Waals surface area contributed by atoms with Crippen molar-refractivity contribution in [1.82, 2.24) is 5.32 Å². The highest BCUT2D eigenvalue weighted by molar-refractivity contribution is 7.85. The molecule has 0 heterocycles. The van der Waals surface area contributed by atoms with Gasteiger partial charge in [0.25, 0.3) is 10.1 Å². The maximum atomic E-state index is 12.4. The van der Waals surface area contributed by atoms with E-state index in [0.29, 0.717) is 6.42 Å². The van der Waals surface area contributed by atoms with Crippen molar-refractivity contribution in [3.63, 3.8) is 0 Å². The van der Waals surface area contributed by atoms with Gasteiger partial charge in [-0.25, -0.2) is 0 Å². The molecular weight excluding hydrogens is 522 g/mol. The molecule has 0 saturated carbocycles. The van der Waals surface area contributed by atoms with E-state index < -0.39 is 28.0 Å². The van der Waals surface area contributed by atoms with Crippen molar-refractivity contribution in [2.45, 2.75) is 174 Å². The quantitative estimate of drug-likeness (QED) is 0.0462. The first-order chi connectivity index (χ1) is 19.3. The summed E-state index contributed by atoms with van der Waals surface area (Å²) in [5, 5.41) is 13.1. The molecule has 2 atom stereocenters. The van der Waals surface area contributed by atoms with Gasteiger partial charge in [0.15, 0.2) is 0 Å². The fraction of sp³-hybridized carbons (Fsp3) is 0.848. The molecule has 0 rings (SSSR count). The maximum absolute atomic E-state index is 12.4. The number of rotatable bonds is 29. The van der Waals surface area contributed by atoms with Crippen LogP contribution in [0.5, 0.6) is 0 Å². The minimum atomic E-state index is -4.34. The number of unbranched alkanes of at least 4 members (excludes halogenated alkanes) is 19. The van der Waals surface area contributed by atoms with Crippen LogP contribution >= 0.6 is 0 Å². The van der Waals surface area contributed by atoms with E-state index >= 15 is 0 Å². The molecule has 0 aromatic heterocycles. The molecule has 0 saturated heterocycles. The summed E-state index contributed by atoms with van der Waals surface area (Å²) in [6.07, 6.45) is 33.0. The first-order valence-electron chi connectivity index (χ1n) is 16.5. The van der Waals surface area contributed by atoms with E-state index in [1.54, 1.807) is 6.08 Å². The number of hydrogen-bond donors (Lipinski definition) is 3. The number of allylic oxidation sites excluding steroid dienone is 3. The Bertz CT molecular complexity index is 735. The Morgan fingerprint density at radius 3 is 1.57 bits per heavy atom. The molecule has 0 bridgehead atoms. The second-order valence-corrected chi connectivity index (χ2v) is 12.9. The first-order valence-corrected chi connectivity index (χ1v) is 18.1. The molecule has 6 nitrogen and oxygen atoms in total. The van der Waals surface area contributed by atoms with Gasteiger partial charge in [-0.15, -0.1) is 0 Å². The van der Waals surface area contributed by atoms with Gasteiger partial charge in [-0.1, -0.05) is 147 Å². The summed E-state index contributed by atoms with van der Waals surface area (Å²) in [6, 6.07) is -1.07. The summed E-state index contributed by atoms with van der Waals surface area (Å²) >= 11 is 0. The summed E-state index contributed by atoms with van der Waals surface area (Å²) in [5.41, 5.74) is 0. The van der Waals surface area contributed by atoms with E-state index in [1.807, 2.05) is 0 Å². The smallest absolute Gasteiger partial charge is 0.267 e. The highest BCUT2D eigenvalue weighted by Gasteiger charge is 2.24. The molecule has 0 aliphatic heterocycles. The molecule has 0 fully saturated rings. The summed E-state index contributed by atoms with van der Waals surface area (Å²) in [6.45, 7) is 4.47. The van der Waals surface area contributed by atoms with Gasteiger partial charge in [0.05, 0.1) is 17.9 Å². The van der Waals surface area contributed by atoms with Crippen molar-refractivity contribution < 1.29 is 22.9 Å². The van der Waals surface area contributed by atoms with E-state index in [4.69, 9.17) is 0 Å². The minimum absolute atomic E-state index is 0.291. The Labute approximate surface area is 247 Å². The van der Waals surface area contributed by atoms with E-state index in [0.717, 1.165) is 38.5 Å². The van der Waals surface area contributed by atoms with Gasteiger partial charge in [0.2, 0.25) is 5.91 Å². The Morgan fingerprint density at radius 1 is 0.650 bits per heavy atom. The maximum Gasteiger partial charge on any atom is 0.267 e. The molecule has 0 aromatic carbocycles. The molecule has 7 heteroatoms. The van der Waals surface area contributed by atoms with Gasteiger partial charge in [0.1, 0.15) is 0 Å². The summed E-state index contributed by atoms with van der Waals surface area (Å²) in [4.78, 5) is 12.4. The van der Waals surface area contributed by atoms with Crippen molar-refractivity contribution in [3.05, 3.63) is 24.3 Å². The van der Waals surface area contributed by atoms with Gasteiger partial charge in [0, 0.05) is 6.42 Å². The summed E-state index contributed by atoms with van der Waals surface area (Å²) in [5.74, 6) is -0.998. The molecule has 3 N–H and O–H groups in total. The second-order valence-electron chi connectivity index (χ2n) is 11.4. The Hall–Kier alpha value is -1.18. The lowest BCUT2D eigenvalue weighted by Crippen LogP contribution is -2.46. The van der Waals surface area contributed by atoms with Crippen molar-refractivity contribution in [2.24, 2.45) is 0 Å². The van der Waals surface area contributed by atoms with Crippen LogP contribution in [0.25, 0.3) is 0 Å². The summed E-state index contributed by atoms with van der Waals surface area (Å²) < 4.78 is 32.2. The average molecular weight is 586 g/mol. The predicted octanol–water partition coefficient (Wildman–Crippen LogP) is 8.84. The zero-order valence-electron chi connectivity index (χ0n) is 26.0. The fourth-order valence-corrected chi connectivity index (χ4v) is 5.61. The van der Waals surface area contributed by atoms with E-state index in [2.05, 4.69) is 31.3 Å². The standard InChI is InChI=1S/C33H63NO5S/c1-3-5-7-9-11-13-15-16-17-19-20-22-24-26-28-32(35)31(30-40(37,38)39)34-33(36)29-27-25-23-21-18-14-12-10-8-6-4-2/h19-20,26,28,31-32,35H,3-18,21-25,27,29-30H2,1-2H3,(H,34,36)(H,37,38,39)/b20-19+,28-26+. The first kappa shape index (κ1) is 38.8. The van der Waals surface area contributed by atoms with Crippen LogP contribution < -0.4 is 5.32 Å². The van der Waals surface area contributed by atoms with Gasteiger partial charge >= 0.3 is 0 Å². The van der Waals surface area contributed by atoms with E-state index in [1.165, 1.54) is 109 Å². The SMILES string of the molecule is CCCCCCCCCC/C=C/CC/C=C/C(O)C(CS(=O)(=O)O)NC(=O)CCCCCCCCCCCCC. The van der Waals surface area contributed by atoms with Gasteiger partial charge in [-0.05, 0) is 32.1 Å². The molecule has 0 spiro atoms. The topological polar surface area (TPSA) is 104 Å². The predicted molar refractivity (Wildman–Crippen MR) is 170 cm³/mol. The Kier molecular flexibility index (Phi) is 27.1. The molecule has 0 aliphatic carbocycles. The lowest BCUT2D eigenvalue weighted by Gasteiger charge is -2.21. The third-order valence-electron chi connectivity index (χ3n) is 7.38. The molecule has 0 aromatic rings. The molecule has 1 amide bonds. The number of amides is 1. The number of carbonyl (C=O) groups is 1. The van der Waals surface area contributed by atoms with Crippen LogP contribution in [-0.4, -0.2) is 41.9 Å². The average Bonchev–Trinajstić information content (AvgIpc) is 2.90. The lowest BCUT2D eigenvalue weighted by atomic mass is 10.0. The second kappa shape index (κ2) is 28.0. The number of hydrogen-bond acceptors (Lipinski definition) is 4. The van der Waals surface area contributed by atoms with Crippen molar-refractivity contribution in [1.29, 1.82) is 0 Å². The van der Waals surface area contributed by atoms with Crippen LogP contribution in [0.4, 0.5) is 0 Å². The molecule has 0 radical (unpaired) electrons. The summed E-state index contributed by atoms with van der Waals surface area (Å²) in [7, 11) is -4.34. The molecule has 40 heavy (non-hydrogen) atoms. The number of aliphatic hydroxyl groups is 1. The third-order valence-corrected chi connectivity index (χ3v) is 8.16. The monoisotopic (exact) mass is 585 g/mol. The van der Waals surface area contributed by atoms with Gasteiger partial charge in [-0.3, -0.25) is 9.35 Å². The fourth-order valence-electron chi connectivity index (χ4n) is 4.88. The molecule has 2 unspecified atom stereocenters. The minimum Gasteiger partial charge on any atom is -0.387 e. The highest BCUT2D eigenvalue weighted by Crippen LogP contribution is 2.13. The normalized spacial score (nSPS) is 13.8. The molecule has 0 aliphatic rings. The van der Waals surface area contributed by atoms with Crippen LogP contribution in [0.15, 0.2) is 24.3 Å². The van der Waals surface area contributed by atoms with Gasteiger partial charge in [-0.2, -0.15) is 8.42 Å². The lowest BCUT2D eigenvalue weighted by molar-refractivity contribution is -0.122. The van der Waals surface area contributed by atoms with Crippen LogP contribution in [0.1, 0.15) is 162 Å². The van der Waals surface area contributed by atoms with E-state index in [-0.39, 0.29) is 5.91 Å². The van der Waals surface area contributed by atoms with Crippen LogP contribution in [-0.2, 0) is 14.9 Å². The van der Waals surface area contributed by atoms with Crippen LogP contribution in [0, 0.1) is 0 Å². The van der Waals surface area contributed by atoms with Crippen molar-refractivity contribution >= 4 is 16.0 Å². The van der Waals surface area contributed by atoms with Crippen molar-refractivity contribution in [3.8, 4) is 0 Å². The molecular formula is C33H63NO5S. The molecule has 236 valence electrons. The number of nitrogens with one attached hydrogen (secondary N) is 1. The zero-order chi connectivity index (χ0) is 29.7.